The van der Waals surface area contributed by atoms with E-state index in [1.807, 2.05) is 34.1 Å². The standard InChI is InChI=1S/C21H30N2O2S/c1-16(2)26-19-9-5-4-8-18(19)21(25)23-14-10-17(11-15-23)20(24)22-12-6-3-7-13-22/h4-5,8-9,16-17H,3,6-7,10-15H2,1-2H3. The molecule has 5 heteroatoms. The highest BCUT2D eigenvalue weighted by Crippen LogP contribution is 2.29. The summed E-state index contributed by atoms with van der Waals surface area (Å²) < 4.78 is 0. The van der Waals surface area contributed by atoms with Crippen LogP contribution in [0.5, 0.6) is 0 Å². The van der Waals surface area contributed by atoms with Crippen LogP contribution in [0.25, 0.3) is 0 Å². The van der Waals surface area contributed by atoms with Gasteiger partial charge in [-0.05, 0) is 44.2 Å². The lowest BCUT2D eigenvalue weighted by Crippen LogP contribution is -2.45. The molecule has 0 aromatic heterocycles. The van der Waals surface area contributed by atoms with E-state index in [4.69, 9.17) is 0 Å². The average molecular weight is 375 g/mol. The highest BCUT2D eigenvalue weighted by molar-refractivity contribution is 8.00. The largest absolute Gasteiger partial charge is 0.342 e. The predicted octanol–water partition coefficient (Wildman–Crippen LogP) is 4.05. The van der Waals surface area contributed by atoms with Gasteiger partial charge in [-0.25, -0.2) is 0 Å². The first-order chi connectivity index (χ1) is 12.6. The zero-order valence-corrected chi connectivity index (χ0v) is 16.8. The maximum Gasteiger partial charge on any atom is 0.254 e. The first-order valence-electron chi connectivity index (χ1n) is 9.90. The molecule has 2 fully saturated rings. The van der Waals surface area contributed by atoms with Crippen molar-refractivity contribution in [2.24, 2.45) is 5.92 Å². The van der Waals surface area contributed by atoms with Gasteiger partial charge < -0.3 is 9.80 Å². The Bertz CT molecular complexity index is 633. The molecule has 0 unspecified atom stereocenters. The highest BCUT2D eigenvalue weighted by atomic mass is 32.2. The molecule has 1 aromatic carbocycles. The molecular weight excluding hydrogens is 344 g/mol. The van der Waals surface area contributed by atoms with E-state index in [-0.39, 0.29) is 11.8 Å². The topological polar surface area (TPSA) is 40.6 Å². The Balaban J connectivity index is 1.59. The molecule has 0 aliphatic carbocycles. The number of carbonyl (C=O) groups excluding carboxylic acids is 2. The van der Waals surface area contributed by atoms with Gasteiger partial charge in [0.2, 0.25) is 5.91 Å². The van der Waals surface area contributed by atoms with Gasteiger partial charge in [-0.3, -0.25) is 9.59 Å². The number of hydrogen-bond acceptors (Lipinski definition) is 3. The van der Waals surface area contributed by atoms with Gasteiger partial charge in [0, 0.05) is 42.2 Å². The van der Waals surface area contributed by atoms with E-state index in [9.17, 15) is 9.59 Å². The minimum Gasteiger partial charge on any atom is -0.342 e. The van der Waals surface area contributed by atoms with Crippen LogP contribution in [0.3, 0.4) is 0 Å². The number of hydrogen-bond donors (Lipinski definition) is 0. The lowest BCUT2D eigenvalue weighted by atomic mass is 9.94. The van der Waals surface area contributed by atoms with E-state index in [1.165, 1.54) is 6.42 Å². The number of benzene rings is 1. The molecule has 0 atom stereocenters. The molecule has 0 spiro atoms. The Kier molecular flexibility index (Phi) is 6.63. The minimum absolute atomic E-state index is 0.0948. The summed E-state index contributed by atoms with van der Waals surface area (Å²) in [6.45, 7) is 7.48. The Hall–Kier alpha value is -1.49. The molecule has 0 bridgehead atoms. The maximum absolute atomic E-state index is 13.0. The summed E-state index contributed by atoms with van der Waals surface area (Å²) in [5.74, 6) is 0.516. The van der Waals surface area contributed by atoms with Gasteiger partial charge in [0.1, 0.15) is 0 Å². The molecule has 26 heavy (non-hydrogen) atoms. The molecule has 2 amide bonds. The lowest BCUT2D eigenvalue weighted by Gasteiger charge is -2.35. The van der Waals surface area contributed by atoms with Gasteiger partial charge in [-0.2, -0.15) is 0 Å². The van der Waals surface area contributed by atoms with E-state index in [0.717, 1.165) is 49.2 Å². The Morgan fingerprint density at radius 2 is 1.62 bits per heavy atom. The molecule has 2 saturated heterocycles. The van der Waals surface area contributed by atoms with Crippen LogP contribution in [0.2, 0.25) is 0 Å². The van der Waals surface area contributed by atoms with Gasteiger partial charge in [0.15, 0.2) is 0 Å². The zero-order chi connectivity index (χ0) is 18.5. The monoisotopic (exact) mass is 374 g/mol. The van der Waals surface area contributed by atoms with Gasteiger partial charge >= 0.3 is 0 Å². The normalized spacial score (nSPS) is 19.0. The van der Waals surface area contributed by atoms with E-state index < -0.39 is 0 Å². The summed E-state index contributed by atoms with van der Waals surface area (Å²) in [7, 11) is 0. The lowest BCUT2D eigenvalue weighted by molar-refractivity contribution is -0.137. The van der Waals surface area contributed by atoms with Crippen molar-refractivity contribution < 1.29 is 9.59 Å². The molecule has 142 valence electrons. The minimum atomic E-state index is 0.0948. The first-order valence-corrected chi connectivity index (χ1v) is 10.8. The number of likely N-dealkylation sites (tertiary alicyclic amines) is 2. The summed E-state index contributed by atoms with van der Waals surface area (Å²) in [5.41, 5.74) is 0.798. The quantitative estimate of drug-likeness (QED) is 0.747. The Labute approximate surface area is 161 Å². The number of amides is 2. The summed E-state index contributed by atoms with van der Waals surface area (Å²) in [5, 5.41) is 0.442. The summed E-state index contributed by atoms with van der Waals surface area (Å²) in [4.78, 5) is 30.7. The Morgan fingerprint density at radius 1 is 0.962 bits per heavy atom. The van der Waals surface area contributed by atoms with Crippen LogP contribution < -0.4 is 0 Å². The SMILES string of the molecule is CC(C)Sc1ccccc1C(=O)N1CCC(C(=O)N2CCCCC2)CC1. The molecule has 0 saturated carbocycles. The second kappa shape index (κ2) is 8.94. The number of nitrogens with zero attached hydrogens (tertiary/aromatic N) is 2. The van der Waals surface area contributed by atoms with Crippen molar-refractivity contribution >= 4 is 23.6 Å². The number of piperidine rings is 2. The van der Waals surface area contributed by atoms with E-state index in [2.05, 4.69) is 13.8 Å². The van der Waals surface area contributed by atoms with Crippen molar-refractivity contribution in [3.63, 3.8) is 0 Å². The number of thioether (sulfide) groups is 1. The fourth-order valence-electron chi connectivity index (χ4n) is 3.87. The molecule has 3 rings (SSSR count). The predicted molar refractivity (Wildman–Crippen MR) is 106 cm³/mol. The van der Waals surface area contributed by atoms with Crippen molar-refractivity contribution in [2.45, 2.75) is 56.1 Å². The van der Waals surface area contributed by atoms with Crippen LogP contribution in [-0.4, -0.2) is 53.0 Å². The summed E-state index contributed by atoms with van der Waals surface area (Å²) in [6.07, 6.45) is 5.09. The van der Waals surface area contributed by atoms with Crippen LogP contribution >= 0.6 is 11.8 Å². The first kappa shape index (κ1) is 19.3. The third-order valence-electron chi connectivity index (χ3n) is 5.28. The van der Waals surface area contributed by atoms with Gasteiger partial charge in [0.05, 0.1) is 5.56 Å². The second-order valence-electron chi connectivity index (χ2n) is 7.62. The van der Waals surface area contributed by atoms with E-state index >= 15 is 0 Å². The van der Waals surface area contributed by atoms with Gasteiger partial charge in [-0.1, -0.05) is 26.0 Å². The third kappa shape index (κ3) is 4.61. The number of rotatable bonds is 4. The van der Waals surface area contributed by atoms with Crippen LogP contribution in [0.15, 0.2) is 29.2 Å². The zero-order valence-electron chi connectivity index (χ0n) is 15.9. The smallest absolute Gasteiger partial charge is 0.254 e. The third-order valence-corrected chi connectivity index (χ3v) is 6.36. The van der Waals surface area contributed by atoms with Gasteiger partial charge in [-0.15, -0.1) is 11.8 Å². The Morgan fingerprint density at radius 3 is 2.27 bits per heavy atom. The second-order valence-corrected chi connectivity index (χ2v) is 9.23. The summed E-state index contributed by atoms with van der Waals surface area (Å²) >= 11 is 1.73. The maximum atomic E-state index is 13.0. The average Bonchev–Trinajstić information content (AvgIpc) is 2.68. The molecular formula is C21H30N2O2S. The van der Waals surface area contributed by atoms with Gasteiger partial charge in [0.25, 0.3) is 5.91 Å². The highest BCUT2D eigenvalue weighted by Gasteiger charge is 2.31. The van der Waals surface area contributed by atoms with Crippen LogP contribution in [0.1, 0.15) is 56.3 Å². The van der Waals surface area contributed by atoms with Crippen molar-refractivity contribution in [1.82, 2.24) is 9.80 Å². The van der Waals surface area contributed by atoms with Crippen molar-refractivity contribution in [2.75, 3.05) is 26.2 Å². The van der Waals surface area contributed by atoms with Crippen molar-refractivity contribution in [3.05, 3.63) is 29.8 Å². The van der Waals surface area contributed by atoms with E-state index in [1.54, 1.807) is 11.8 Å². The molecule has 1 aromatic rings. The number of carbonyl (C=O) groups is 2. The molecule has 2 heterocycles. The van der Waals surface area contributed by atoms with Crippen LogP contribution in [0.4, 0.5) is 0 Å². The fraction of sp³-hybridized carbons (Fsp3) is 0.619. The van der Waals surface area contributed by atoms with Crippen molar-refractivity contribution in [3.8, 4) is 0 Å². The van der Waals surface area contributed by atoms with Crippen LogP contribution in [0, 0.1) is 5.92 Å². The van der Waals surface area contributed by atoms with Crippen molar-refractivity contribution in [1.29, 1.82) is 0 Å². The van der Waals surface area contributed by atoms with E-state index in [0.29, 0.717) is 24.2 Å². The molecule has 2 aliphatic rings. The molecule has 0 radical (unpaired) electrons. The molecule has 0 N–H and O–H groups in total. The fourth-order valence-corrected chi connectivity index (χ4v) is 4.82. The van der Waals surface area contributed by atoms with Crippen LogP contribution in [-0.2, 0) is 4.79 Å². The molecule has 4 nitrogen and oxygen atoms in total. The summed E-state index contributed by atoms with van der Waals surface area (Å²) in [6, 6.07) is 7.89. The molecule has 2 aliphatic heterocycles.